The van der Waals surface area contributed by atoms with Crippen molar-refractivity contribution >= 4 is 11.9 Å². The number of nitrogens with zero attached hydrogens (tertiary/aromatic N) is 2. The highest BCUT2D eigenvalue weighted by Crippen LogP contribution is 2.42. The van der Waals surface area contributed by atoms with E-state index in [4.69, 9.17) is 9.47 Å². The molecule has 2 aliphatic heterocycles. The molecular formula is C23H17FN2O3. The van der Waals surface area contributed by atoms with Gasteiger partial charge in [-0.15, -0.1) is 0 Å². The number of carbonyl (C=O) groups excluding carboxylic acids is 1. The van der Waals surface area contributed by atoms with Crippen LogP contribution in [0.4, 0.5) is 4.39 Å². The Morgan fingerprint density at radius 3 is 2.83 bits per heavy atom. The van der Waals surface area contributed by atoms with Crippen molar-refractivity contribution in [3.63, 3.8) is 0 Å². The van der Waals surface area contributed by atoms with Crippen molar-refractivity contribution in [2.45, 2.75) is 13.1 Å². The summed E-state index contributed by atoms with van der Waals surface area (Å²) in [5.74, 6) is 0.854. The first kappa shape index (κ1) is 17.6. The summed E-state index contributed by atoms with van der Waals surface area (Å²) in [6, 6.07) is 13.5. The summed E-state index contributed by atoms with van der Waals surface area (Å²) < 4.78 is 25.3. The standard InChI is InChI=1S/C23H17FN2O3/c24-17-3-1-2-16(10-17)11-21-22(27)18-4-5-20-19(23(18)29-21)13-26(14-28-20)12-15-6-8-25-9-7-15/h1-11H,12-14H2/b21-11-. The molecule has 0 fully saturated rings. The quantitative estimate of drug-likeness (QED) is 0.630. The molecule has 1 aromatic heterocycles. The van der Waals surface area contributed by atoms with E-state index in [2.05, 4.69) is 9.88 Å². The number of hydrogen-bond acceptors (Lipinski definition) is 5. The average Bonchev–Trinajstić information content (AvgIpc) is 3.05. The molecule has 0 N–H and O–H groups in total. The summed E-state index contributed by atoms with van der Waals surface area (Å²) in [6.07, 6.45) is 5.09. The molecule has 6 heteroatoms. The predicted octanol–water partition coefficient (Wildman–Crippen LogP) is 4.19. The Morgan fingerprint density at radius 2 is 2.00 bits per heavy atom. The van der Waals surface area contributed by atoms with Crippen molar-refractivity contribution < 1.29 is 18.7 Å². The molecule has 0 aliphatic carbocycles. The molecule has 29 heavy (non-hydrogen) atoms. The Bertz CT molecular complexity index is 1130. The highest BCUT2D eigenvalue weighted by atomic mass is 19.1. The number of ether oxygens (including phenoxy) is 2. The van der Waals surface area contributed by atoms with Crippen molar-refractivity contribution in [2.24, 2.45) is 0 Å². The third-order valence-corrected chi connectivity index (χ3v) is 4.98. The number of fused-ring (bicyclic) bond motifs is 3. The number of allylic oxidation sites excluding steroid dienone is 1. The summed E-state index contributed by atoms with van der Waals surface area (Å²) in [7, 11) is 0. The molecule has 0 amide bonds. The van der Waals surface area contributed by atoms with Crippen LogP contribution < -0.4 is 9.47 Å². The molecule has 0 spiro atoms. The van der Waals surface area contributed by atoms with Crippen molar-refractivity contribution in [1.29, 1.82) is 0 Å². The number of ketones is 1. The minimum atomic E-state index is -0.361. The summed E-state index contributed by atoms with van der Waals surface area (Å²) in [5.41, 5.74) is 3.05. The molecule has 5 nitrogen and oxygen atoms in total. The maximum Gasteiger partial charge on any atom is 0.231 e. The molecule has 0 saturated heterocycles. The van der Waals surface area contributed by atoms with Gasteiger partial charge in [0.05, 0.1) is 11.1 Å². The lowest BCUT2D eigenvalue weighted by Gasteiger charge is -2.29. The number of Topliss-reactive ketones (excluding diaryl/α,β-unsaturated/α-hetero) is 1. The number of aromatic nitrogens is 1. The maximum atomic E-state index is 13.5. The maximum absolute atomic E-state index is 13.5. The first-order chi connectivity index (χ1) is 14.2. The van der Waals surface area contributed by atoms with E-state index < -0.39 is 0 Å². The van der Waals surface area contributed by atoms with Gasteiger partial charge in [-0.25, -0.2) is 4.39 Å². The van der Waals surface area contributed by atoms with Gasteiger partial charge in [-0.2, -0.15) is 0 Å². The van der Waals surface area contributed by atoms with Gasteiger partial charge in [-0.3, -0.25) is 14.7 Å². The smallest absolute Gasteiger partial charge is 0.231 e. The largest absolute Gasteiger partial charge is 0.478 e. The van der Waals surface area contributed by atoms with E-state index in [-0.39, 0.29) is 17.4 Å². The Hall–Kier alpha value is -3.51. The molecule has 144 valence electrons. The Morgan fingerprint density at radius 1 is 1.14 bits per heavy atom. The number of halogens is 1. The second kappa shape index (κ2) is 7.14. The highest BCUT2D eigenvalue weighted by molar-refractivity contribution is 6.15. The number of hydrogen-bond donors (Lipinski definition) is 0. The molecule has 3 heterocycles. The molecule has 5 rings (SSSR count). The van der Waals surface area contributed by atoms with E-state index >= 15 is 0 Å². The molecule has 0 unspecified atom stereocenters. The van der Waals surface area contributed by atoms with E-state index in [1.165, 1.54) is 12.1 Å². The Balaban J connectivity index is 1.44. The van der Waals surface area contributed by atoms with E-state index in [0.29, 0.717) is 36.7 Å². The zero-order chi connectivity index (χ0) is 19.8. The van der Waals surface area contributed by atoms with Crippen LogP contribution in [0.3, 0.4) is 0 Å². The second-order valence-electron chi connectivity index (χ2n) is 7.03. The van der Waals surface area contributed by atoms with Crippen LogP contribution in [0, 0.1) is 5.82 Å². The van der Waals surface area contributed by atoms with Crippen LogP contribution in [0.5, 0.6) is 11.5 Å². The van der Waals surface area contributed by atoms with Crippen molar-refractivity contribution in [3.8, 4) is 11.5 Å². The van der Waals surface area contributed by atoms with Gasteiger partial charge in [0, 0.05) is 25.5 Å². The fourth-order valence-corrected chi connectivity index (χ4v) is 3.60. The topological polar surface area (TPSA) is 51.7 Å². The number of rotatable bonds is 3. The van der Waals surface area contributed by atoms with Gasteiger partial charge >= 0.3 is 0 Å². The van der Waals surface area contributed by atoms with Crippen LogP contribution in [0.15, 0.2) is 66.7 Å². The molecule has 2 aliphatic rings. The lowest BCUT2D eigenvalue weighted by atomic mass is 10.0. The van der Waals surface area contributed by atoms with Crippen LogP contribution in [-0.2, 0) is 13.1 Å². The van der Waals surface area contributed by atoms with Gasteiger partial charge in [-0.05, 0) is 53.6 Å². The van der Waals surface area contributed by atoms with Crippen LogP contribution in [0.25, 0.3) is 6.08 Å². The van der Waals surface area contributed by atoms with Crippen molar-refractivity contribution in [3.05, 3.63) is 94.8 Å². The highest BCUT2D eigenvalue weighted by Gasteiger charge is 2.33. The first-order valence-corrected chi connectivity index (χ1v) is 9.27. The molecule has 0 bridgehead atoms. The predicted molar refractivity (Wildman–Crippen MR) is 105 cm³/mol. The summed E-state index contributed by atoms with van der Waals surface area (Å²) in [6.45, 7) is 1.75. The fraction of sp³-hybridized carbons (Fsp3) is 0.130. The molecule has 0 radical (unpaired) electrons. The normalized spacial score (nSPS) is 16.9. The van der Waals surface area contributed by atoms with Gasteiger partial charge in [0.25, 0.3) is 0 Å². The van der Waals surface area contributed by atoms with E-state index in [0.717, 1.165) is 16.9 Å². The van der Waals surface area contributed by atoms with Crippen LogP contribution >= 0.6 is 0 Å². The zero-order valence-corrected chi connectivity index (χ0v) is 15.5. The second-order valence-corrected chi connectivity index (χ2v) is 7.03. The molecular weight excluding hydrogens is 371 g/mol. The first-order valence-electron chi connectivity index (χ1n) is 9.27. The third kappa shape index (κ3) is 3.39. The zero-order valence-electron chi connectivity index (χ0n) is 15.5. The summed E-state index contributed by atoms with van der Waals surface area (Å²) >= 11 is 0. The minimum absolute atomic E-state index is 0.185. The monoisotopic (exact) mass is 388 g/mol. The number of benzene rings is 2. The van der Waals surface area contributed by atoms with E-state index in [1.807, 2.05) is 18.2 Å². The fourth-order valence-electron chi connectivity index (χ4n) is 3.60. The number of pyridine rings is 1. The van der Waals surface area contributed by atoms with Crippen molar-refractivity contribution in [1.82, 2.24) is 9.88 Å². The summed E-state index contributed by atoms with van der Waals surface area (Å²) in [5, 5.41) is 0. The Labute approximate surface area is 167 Å². The van der Waals surface area contributed by atoms with Gasteiger partial charge in [0.1, 0.15) is 24.0 Å². The third-order valence-electron chi connectivity index (χ3n) is 4.98. The molecule has 0 saturated carbocycles. The molecule has 2 aromatic carbocycles. The van der Waals surface area contributed by atoms with Crippen LogP contribution in [-0.4, -0.2) is 22.4 Å². The minimum Gasteiger partial charge on any atom is -0.478 e. The van der Waals surface area contributed by atoms with Crippen LogP contribution in [0.1, 0.15) is 27.0 Å². The lowest BCUT2D eigenvalue weighted by Crippen LogP contribution is -2.31. The van der Waals surface area contributed by atoms with Crippen molar-refractivity contribution in [2.75, 3.05) is 6.73 Å². The average molecular weight is 388 g/mol. The van der Waals surface area contributed by atoms with E-state index in [1.54, 1.807) is 36.7 Å². The molecule has 3 aromatic rings. The van der Waals surface area contributed by atoms with Crippen LogP contribution in [0.2, 0.25) is 0 Å². The lowest BCUT2D eigenvalue weighted by molar-refractivity contribution is 0.0872. The van der Waals surface area contributed by atoms with Gasteiger partial charge in [0.15, 0.2) is 5.76 Å². The number of carbonyl (C=O) groups is 1. The summed E-state index contributed by atoms with van der Waals surface area (Å²) in [4.78, 5) is 19.0. The SMILES string of the molecule is O=C1/C(=C/c2cccc(F)c2)Oc2c1ccc1c2CN(Cc2ccncc2)CO1. The van der Waals surface area contributed by atoms with Gasteiger partial charge in [0.2, 0.25) is 5.78 Å². The van der Waals surface area contributed by atoms with Gasteiger partial charge < -0.3 is 9.47 Å². The Kier molecular flexibility index (Phi) is 4.33. The molecule has 0 atom stereocenters. The van der Waals surface area contributed by atoms with E-state index in [9.17, 15) is 9.18 Å². The van der Waals surface area contributed by atoms with Gasteiger partial charge in [-0.1, -0.05) is 12.1 Å².